The smallest absolute Gasteiger partial charge is 0.255 e. The maximum absolute atomic E-state index is 12.7. The van der Waals surface area contributed by atoms with Crippen molar-refractivity contribution < 1.29 is 22.7 Å². The van der Waals surface area contributed by atoms with E-state index in [1.165, 1.54) is 26.4 Å². The van der Waals surface area contributed by atoms with Gasteiger partial charge in [0.1, 0.15) is 0 Å². The predicted octanol–water partition coefficient (Wildman–Crippen LogP) is 1.29. The number of carbonyl (C=O) groups is 1. The number of amides is 1. The molecule has 1 saturated heterocycles. The molecular formula is C17H27N3O5S. The van der Waals surface area contributed by atoms with Crippen LogP contribution in [0.1, 0.15) is 30.1 Å². The highest BCUT2D eigenvalue weighted by Crippen LogP contribution is 2.35. The molecule has 1 amide bonds. The molecule has 26 heavy (non-hydrogen) atoms. The highest BCUT2D eigenvalue weighted by atomic mass is 32.2. The molecule has 2 N–H and O–H groups in total. The van der Waals surface area contributed by atoms with Gasteiger partial charge in [-0.25, -0.2) is 8.42 Å². The lowest BCUT2D eigenvalue weighted by Crippen LogP contribution is -2.40. The first-order chi connectivity index (χ1) is 12.3. The van der Waals surface area contributed by atoms with Gasteiger partial charge in [0.05, 0.1) is 31.7 Å². The lowest BCUT2D eigenvalue weighted by atomic mass is 10.1. The average molecular weight is 385 g/mol. The molecule has 1 fully saturated rings. The average Bonchev–Trinajstić information content (AvgIpc) is 3.04. The molecule has 9 heteroatoms. The zero-order valence-electron chi connectivity index (χ0n) is 15.7. The zero-order valence-corrected chi connectivity index (χ0v) is 16.5. The van der Waals surface area contributed by atoms with Gasteiger partial charge in [0.15, 0.2) is 11.5 Å². The number of anilines is 1. The molecule has 1 aromatic rings. The number of sulfonamides is 1. The Morgan fingerprint density at radius 2 is 2.04 bits per heavy atom. The molecular weight excluding hydrogens is 358 g/mol. The van der Waals surface area contributed by atoms with Crippen LogP contribution in [0.25, 0.3) is 0 Å². The Morgan fingerprint density at radius 3 is 2.62 bits per heavy atom. The fourth-order valence-corrected chi connectivity index (χ4v) is 3.80. The van der Waals surface area contributed by atoms with Crippen molar-refractivity contribution in [1.29, 1.82) is 0 Å². The van der Waals surface area contributed by atoms with Crippen LogP contribution >= 0.6 is 0 Å². The van der Waals surface area contributed by atoms with Crippen molar-refractivity contribution in [3.05, 3.63) is 17.7 Å². The second-order valence-corrected chi connectivity index (χ2v) is 8.02. The number of ether oxygens (including phenoxy) is 2. The molecule has 1 unspecified atom stereocenters. The lowest BCUT2D eigenvalue weighted by Gasteiger charge is -2.23. The van der Waals surface area contributed by atoms with Crippen LogP contribution in [-0.4, -0.2) is 65.4 Å². The monoisotopic (exact) mass is 385 g/mol. The highest BCUT2D eigenvalue weighted by molar-refractivity contribution is 7.92. The van der Waals surface area contributed by atoms with Crippen molar-refractivity contribution in [2.75, 3.05) is 44.8 Å². The Morgan fingerprint density at radius 1 is 1.31 bits per heavy atom. The summed E-state index contributed by atoms with van der Waals surface area (Å²) in [6.07, 6.45) is 3.21. The molecule has 2 rings (SSSR count). The topological polar surface area (TPSA) is 97.0 Å². The normalized spacial score (nSPS) is 17.8. The number of carbonyl (C=O) groups excluding carboxylic acids is 1. The van der Waals surface area contributed by atoms with Crippen LogP contribution in [0, 0.1) is 0 Å². The van der Waals surface area contributed by atoms with Gasteiger partial charge in [0.25, 0.3) is 5.91 Å². The SMILES string of the molecule is CCN1CCCC1CNC(=O)c1cc(NS(C)(=O)=O)cc(OC)c1OC. The lowest BCUT2D eigenvalue weighted by molar-refractivity contribution is 0.0937. The summed E-state index contributed by atoms with van der Waals surface area (Å²) in [6, 6.07) is 3.24. The third-order valence-electron chi connectivity index (χ3n) is 4.43. The van der Waals surface area contributed by atoms with E-state index in [9.17, 15) is 13.2 Å². The summed E-state index contributed by atoms with van der Waals surface area (Å²) in [7, 11) is -0.614. The first kappa shape index (κ1) is 20.3. The van der Waals surface area contributed by atoms with Gasteiger partial charge in [0, 0.05) is 18.7 Å². The molecule has 0 bridgehead atoms. The third kappa shape index (κ3) is 5.01. The van der Waals surface area contributed by atoms with E-state index in [0.29, 0.717) is 12.6 Å². The van der Waals surface area contributed by atoms with E-state index in [-0.39, 0.29) is 28.7 Å². The largest absolute Gasteiger partial charge is 0.493 e. The number of likely N-dealkylation sites (N-methyl/N-ethyl adjacent to an activating group) is 1. The van der Waals surface area contributed by atoms with Gasteiger partial charge < -0.3 is 14.8 Å². The standard InChI is InChI=1S/C17H27N3O5S/c1-5-20-8-6-7-13(20)11-18-17(21)14-9-12(19-26(4,22)23)10-15(24-2)16(14)25-3/h9-10,13,19H,5-8,11H2,1-4H3,(H,18,21). The number of benzene rings is 1. The Balaban J connectivity index is 2.24. The van der Waals surface area contributed by atoms with E-state index in [0.717, 1.165) is 32.2 Å². The van der Waals surface area contributed by atoms with Crippen LogP contribution in [0.4, 0.5) is 5.69 Å². The molecule has 1 heterocycles. The van der Waals surface area contributed by atoms with E-state index in [2.05, 4.69) is 21.9 Å². The van der Waals surface area contributed by atoms with E-state index in [1.54, 1.807) is 0 Å². The van der Waals surface area contributed by atoms with Gasteiger partial charge in [-0.1, -0.05) is 6.92 Å². The molecule has 0 spiro atoms. The van der Waals surface area contributed by atoms with Crippen LogP contribution in [0.5, 0.6) is 11.5 Å². The number of rotatable bonds is 8. The zero-order chi connectivity index (χ0) is 19.3. The molecule has 1 atom stereocenters. The minimum Gasteiger partial charge on any atom is -0.493 e. The first-order valence-electron chi connectivity index (χ1n) is 8.55. The fraction of sp³-hybridized carbons (Fsp3) is 0.588. The first-order valence-corrected chi connectivity index (χ1v) is 10.4. The molecule has 0 aliphatic carbocycles. The molecule has 1 aliphatic rings. The second kappa shape index (κ2) is 8.59. The van der Waals surface area contributed by atoms with Gasteiger partial charge in [-0.3, -0.25) is 14.4 Å². The summed E-state index contributed by atoms with van der Waals surface area (Å²) in [5.41, 5.74) is 0.463. The molecule has 1 aromatic carbocycles. The molecule has 0 radical (unpaired) electrons. The summed E-state index contributed by atoms with van der Waals surface area (Å²) in [5, 5.41) is 2.93. The van der Waals surface area contributed by atoms with Crippen molar-refractivity contribution in [2.45, 2.75) is 25.8 Å². The highest BCUT2D eigenvalue weighted by Gasteiger charge is 2.25. The van der Waals surface area contributed by atoms with Crippen LogP contribution in [0.15, 0.2) is 12.1 Å². The summed E-state index contributed by atoms with van der Waals surface area (Å²) in [6.45, 7) is 4.63. The van der Waals surface area contributed by atoms with Crippen molar-refractivity contribution in [2.24, 2.45) is 0 Å². The Bertz CT molecular complexity index is 751. The van der Waals surface area contributed by atoms with Crippen molar-refractivity contribution in [3.63, 3.8) is 0 Å². The van der Waals surface area contributed by atoms with Crippen molar-refractivity contribution >= 4 is 21.6 Å². The predicted molar refractivity (Wildman–Crippen MR) is 101 cm³/mol. The van der Waals surface area contributed by atoms with Crippen LogP contribution < -0.4 is 19.5 Å². The van der Waals surface area contributed by atoms with Crippen molar-refractivity contribution in [3.8, 4) is 11.5 Å². The minimum absolute atomic E-state index is 0.221. The van der Waals surface area contributed by atoms with Crippen LogP contribution in [0.3, 0.4) is 0 Å². The number of hydrogen-bond acceptors (Lipinski definition) is 6. The van der Waals surface area contributed by atoms with Gasteiger partial charge in [-0.15, -0.1) is 0 Å². The van der Waals surface area contributed by atoms with Crippen LogP contribution in [-0.2, 0) is 10.0 Å². The van der Waals surface area contributed by atoms with Gasteiger partial charge >= 0.3 is 0 Å². The van der Waals surface area contributed by atoms with Gasteiger partial charge in [-0.2, -0.15) is 0 Å². The maximum atomic E-state index is 12.7. The van der Waals surface area contributed by atoms with Crippen molar-refractivity contribution in [1.82, 2.24) is 10.2 Å². The molecule has 8 nitrogen and oxygen atoms in total. The third-order valence-corrected chi connectivity index (χ3v) is 5.04. The van der Waals surface area contributed by atoms with E-state index >= 15 is 0 Å². The number of likely N-dealkylation sites (tertiary alicyclic amines) is 1. The van der Waals surface area contributed by atoms with Crippen LogP contribution in [0.2, 0.25) is 0 Å². The summed E-state index contributed by atoms with van der Waals surface area (Å²) in [5.74, 6) is 0.213. The quantitative estimate of drug-likeness (QED) is 0.700. The van der Waals surface area contributed by atoms with Gasteiger partial charge in [0.2, 0.25) is 10.0 Å². The summed E-state index contributed by atoms with van der Waals surface area (Å²) in [4.78, 5) is 15.1. The Kier molecular flexibility index (Phi) is 6.71. The molecule has 146 valence electrons. The minimum atomic E-state index is -3.48. The molecule has 1 aliphatic heterocycles. The number of hydrogen-bond donors (Lipinski definition) is 2. The molecule has 0 saturated carbocycles. The number of nitrogens with one attached hydrogen (secondary N) is 2. The number of methoxy groups -OCH3 is 2. The van der Waals surface area contributed by atoms with Gasteiger partial charge in [-0.05, 0) is 32.0 Å². The van der Waals surface area contributed by atoms with E-state index < -0.39 is 10.0 Å². The summed E-state index contributed by atoms with van der Waals surface area (Å²) >= 11 is 0. The summed E-state index contributed by atoms with van der Waals surface area (Å²) < 4.78 is 36.0. The maximum Gasteiger partial charge on any atom is 0.255 e. The Hall–Kier alpha value is -2.00. The second-order valence-electron chi connectivity index (χ2n) is 6.27. The van der Waals surface area contributed by atoms with E-state index in [4.69, 9.17) is 9.47 Å². The molecule has 0 aromatic heterocycles. The van der Waals surface area contributed by atoms with E-state index in [1.807, 2.05) is 0 Å². The number of nitrogens with zero attached hydrogens (tertiary/aromatic N) is 1. The fourth-order valence-electron chi connectivity index (χ4n) is 3.25. The Labute approximate surface area is 154 Å².